The number of likely N-dealkylation sites (tertiary alicyclic amines) is 1. The van der Waals surface area contributed by atoms with E-state index in [2.05, 4.69) is 15.9 Å². The molecule has 1 saturated heterocycles. The Labute approximate surface area is 116 Å². The summed E-state index contributed by atoms with van der Waals surface area (Å²) in [7, 11) is 1.74. The summed E-state index contributed by atoms with van der Waals surface area (Å²) in [5, 5.41) is 0. The molecule has 1 aliphatic rings. The molecule has 4 heteroatoms. The van der Waals surface area contributed by atoms with Crippen molar-refractivity contribution in [3.63, 3.8) is 0 Å². The van der Waals surface area contributed by atoms with E-state index in [9.17, 15) is 4.79 Å². The number of nitrogens with zero attached hydrogens (tertiary/aromatic N) is 1. The van der Waals surface area contributed by atoms with E-state index in [-0.39, 0.29) is 5.91 Å². The zero-order valence-electron chi connectivity index (χ0n) is 10.8. The summed E-state index contributed by atoms with van der Waals surface area (Å²) in [5.74, 6) is 0.111. The van der Waals surface area contributed by atoms with Crippen molar-refractivity contribution in [3.8, 4) is 0 Å². The van der Waals surface area contributed by atoms with Crippen LogP contribution in [0.25, 0.3) is 0 Å². The van der Waals surface area contributed by atoms with E-state index in [1.165, 1.54) is 0 Å². The molecule has 1 heterocycles. The molecule has 1 fully saturated rings. The van der Waals surface area contributed by atoms with Crippen molar-refractivity contribution < 1.29 is 9.53 Å². The fourth-order valence-electron chi connectivity index (χ4n) is 2.28. The Kier molecular flexibility index (Phi) is 4.40. The highest BCUT2D eigenvalue weighted by Gasteiger charge is 2.24. The van der Waals surface area contributed by atoms with E-state index in [1.54, 1.807) is 7.11 Å². The lowest BCUT2D eigenvalue weighted by atomic mass is 10.1. The minimum absolute atomic E-state index is 0.111. The second-order valence-electron chi connectivity index (χ2n) is 4.66. The number of carbonyl (C=O) groups excluding carboxylic acids is 1. The standard InChI is InChI=1S/C14H18BrNO2/c1-10-4-3-5-12(13(10)15)14(17)16-8-6-11(18-2)7-9-16/h3-5,11H,6-9H2,1-2H3. The molecular weight excluding hydrogens is 294 g/mol. The Morgan fingerprint density at radius 2 is 2.06 bits per heavy atom. The molecule has 0 aromatic heterocycles. The molecule has 0 atom stereocenters. The highest BCUT2D eigenvalue weighted by Crippen LogP contribution is 2.24. The monoisotopic (exact) mass is 311 g/mol. The first-order valence-electron chi connectivity index (χ1n) is 6.20. The van der Waals surface area contributed by atoms with E-state index in [1.807, 2.05) is 30.0 Å². The minimum atomic E-state index is 0.111. The maximum Gasteiger partial charge on any atom is 0.255 e. The van der Waals surface area contributed by atoms with Crippen molar-refractivity contribution in [2.75, 3.05) is 20.2 Å². The molecule has 1 aliphatic heterocycles. The number of hydrogen-bond acceptors (Lipinski definition) is 2. The second-order valence-corrected chi connectivity index (χ2v) is 5.46. The van der Waals surface area contributed by atoms with Gasteiger partial charge in [0, 0.05) is 24.7 Å². The molecule has 1 aromatic rings. The number of rotatable bonds is 2. The normalized spacial score (nSPS) is 16.9. The molecule has 0 unspecified atom stereocenters. The van der Waals surface area contributed by atoms with Gasteiger partial charge in [0.25, 0.3) is 5.91 Å². The molecule has 18 heavy (non-hydrogen) atoms. The summed E-state index contributed by atoms with van der Waals surface area (Å²) < 4.78 is 6.23. The number of aryl methyl sites for hydroxylation is 1. The number of carbonyl (C=O) groups is 1. The molecule has 2 rings (SSSR count). The topological polar surface area (TPSA) is 29.5 Å². The van der Waals surface area contributed by atoms with Gasteiger partial charge in [0.05, 0.1) is 11.7 Å². The first-order valence-corrected chi connectivity index (χ1v) is 7.00. The number of benzene rings is 1. The lowest BCUT2D eigenvalue weighted by Crippen LogP contribution is -2.40. The number of amides is 1. The first-order chi connectivity index (χ1) is 8.63. The van der Waals surface area contributed by atoms with Crippen LogP contribution in [0.3, 0.4) is 0 Å². The van der Waals surface area contributed by atoms with Gasteiger partial charge in [-0.2, -0.15) is 0 Å². The van der Waals surface area contributed by atoms with Gasteiger partial charge in [0.1, 0.15) is 0 Å². The minimum Gasteiger partial charge on any atom is -0.381 e. The molecule has 0 bridgehead atoms. The number of piperidine rings is 1. The average Bonchev–Trinajstić information content (AvgIpc) is 2.41. The Balaban J connectivity index is 2.10. The highest BCUT2D eigenvalue weighted by atomic mass is 79.9. The van der Waals surface area contributed by atoms with Gasteiger partial charge in [0.2, 0.25) is 0 Å². The maximum atomic E-state index is 12.4. The van der Waals surface area contributed by atoms with Crippen molar-refractivity contribution in [3.05, 3.63) is 33.8 Å². The average molecular weight is 312 g/mol. The summed E-state index contributed by atoms with van der Waals surface area (Å²) in [4.78, 5) is 14.3. The number of ether oxygens (including phenoxy) is 1. The molecule has 1 amide bonds. The fraction of sp³-hybridized carbons (Fsp3) is 0.500. The third-order valence-electron chi connectivity index (χ3n) is 3.48. The van der Waals surface area contributed by atoms with Crippen LogP contribution < -0.4 is 0 Å². The van der Waals surface area contributed by atoms with Crippen molar-refractivity contribution in [1.29, 1.82) is 0 Å². The Bertz CT molecular complexity index is 439. The molecular formula is C14H18BrNO2. The van der Waals surface area contributed by atoms with E-state index >= 15 is 0 Å². The van der Waals surface area contributed by atoms with Crippen LogP contribution in [0.1, 0.15) is 28.8 Å². The van der Waals surface area contributed by atoms with Crippen molar-refractivity contribution >= 4 is 21.8 Å². The molecule has 0 saturated carbocycles. The summed E-state index contributed by atoms with van der Waals surface area (Å²) in [5.41, 5.74) is 1.85. The van der Waals surface area contributed by atoms with Crippen molar-refractivity contribution in [2.24, 2.45) is 0 Å². The number of methoxy groups -OCH3 is 1. The van der Waals surface area contributed by atoms with E-state index < -0.39 is 0 Å². The quantitative estimate of drug-likeness (QED) is 0.840. The SMILES string of the molecule is COC1CCN(C(=O)c2cccc(C)c2Br)CC1. The van der Waals surface area contributed by atoms with Crippen molar-refractivity contribution in [1.82, 2.24) is 4.90 Å². The zero-order chi connectivity index (χ0) is 13.1. The van der Waals surface area contributed by atoms with Gasteiger partial charge >= 0.3 is 0 Å². The van der Waals surface area contributed by atoms with Crippen LogP contribution in [0.4, 0.5) is 0 Å². The van der Waals surface area contributed by atoms with E-state index in [4.69, 9.17) is 4.74 Å². The highest BCUT2D eigenvalue weighted by molar-refractivity contribution is 9.10. The molecule has 0 spiro atoms. The lowest BCUT2D eigenvalue weighted by molar-refractivity contribution is 0.0350. The molecule has 3 nitrogen and oxygen atoms in total. The lowest BCUT2D eigenvalue weighted by Gasteiger charge is -2.31. The summed E-state index contributed by atoms with van der Waals surface area (Å²) in [6, 6.07) is 5.80. The molecule has 0 aliphatic carbocycles. The molecule has 1 aromatic carbocycles. The fourth-order valence-corrected chi connectivity index (χ4v) is 2.71. The van der Waals surface area contributed by atoms with E-state index in [0.29, 0.717) is 6.10 Å². The third kappa shape index (κ3) is 2.75. The largest absolute Gasteiger partial charge is 0.381 e. The summed E-state index contributed by atoms with van der Waals surface area (Å²) >= 11 is 3.50. The van der Waals surface area contributed by atoms with Crippen LogP contribution in [-0.2, 0) is 4.74 Å². The smallest absolute Gasteiger partial charge is 0.255 e. The molecule has 98 valence electrons. The number of hydrogen-bond donors (Lipinski definition) is 0. The van der Waals surface area contributed by atoms with Gasteiger partial charge in [-0.05, 0) is 47.3 Å². The van der Waals surface area contributed by atoms with Crippen LogP contribution in [-0.4, -0.2) is 37.1 Å². The first kappa shape index (κ1) is 13.6. The summed E-state index contributed by atoms with van der Waals surface area (Å²) in [6.07, 6.45) is 2.15. The van der Waals surface area contributed by atoms with Gasteiger partial charge in [-0.15, -0.1) is 0 Å². The van der Waals surface area contributed by atoms with Gasteiger partial charge in [0.15, 0.2) is 0 Å². The zero-order valence-corrected chi connectivity index (χ0v) is 12.4. The van der Waals surface area contributed by atoms with Gasteiger partial charge < -0.3 is 9.64 Å². The van der Waals surface area contributed by atoms with Crippen LogP contribution >= 0.6 is 15.9 Å². The molecule has 0 radical (unpaired) electrons. The Morgan fingerprint density at radius 3 is 2.67 bits per heavy atom. The van der Waals surface area contributed by atoms with Crippen molar-refractivity contribution in [2.45, 2.75) is 25.9 Å². The van der Waals surface area contributed by atoms with Gasteiger partial charge in [-0.25, -0.2) is 0 Å². The third-order valence-corrected chi connectivity index (χ3v) is 4.54. The van der Waals surface area contributed by atoms with Crippen LogP contribution in [0.5, 0.6) is 0 Å². The summed E-state index contributed by atoms with van der Waals surface area (Å²) in [6.45, 7) is 3.55. The van der Waals surface area contributed by atoms with Gasteiger partial charge in [-0.3, -0.25) is 4.79 Å². The number of halogens is 1. The van der Waals surface area contributed by atoms with Crippen LogP contribution in [0.2, 0.25) is 0 Å². The van der Waals surface area contributed by atoms with Crippen LogP contribution in [0, 0.1) is 6.92 Å². The molecule has 0 N–H and O–H groups in total. The maximum absolute atomic E-state index is 12.4. The Hall–Kier alpha value is -0.870. The Morgan fingerprint density at radius 1 is 1.39 bits per heavy atom. The van der Waals surface area contributed by atoms with E-state index in [0.717, 1.165) is 41.5 Å². The van der Waals surface area contributed by atoms with Gasteiger partial charge in [-0.1, -0.05) is 12.1 Å². The predicted molar refractivity (Wildman–Crippen MR) is 74.8 cm³/mol. The second kappa shape index (κ2) is 5.85. The predicted octanol–water partition coefficient (Wildman–Crippen LogP) is 3.01. The van der Waals surface area contributed by atoms with Crippen LogP contribution in [0.15, 0.2) is 22.7 Å².